The summed E-state index contributed by atoms with van der Waals surface area (Å²) in [5, 5.41) is 3.87. The molecule has 2 nitrogen and oxygen atoms in total. The van der Waals surface area contributed by atoms with Gasteiger partial charge in [0.05, 0.1) is 11.9 Å². The minimum Gasteiger partial charge on any atom is -0.228 e. The first kappa shape index (κ1) is 12.7. The number of aromatic nitrogens is 2. The average molecular weight is 254 g/mol. The molecule has 1 heterocycles. The number of hydrogen-bond acceptors (Lipinski definition) is 1. The summed E-state index contributed by atoms with van der Waals surface area (Å²) in [4.78, 5) is 0. The molecule has 0 saturated carbocycles. The van der Waals surface area contributed by atoms with Gasteiger partial charge in [0.25, 0.3) is 0 Å². The highest BCUT2D eigenvalue weighted by atomic mass is 19.4. The normalized spacial score (nSPS) is 11.8. The number of rotatable bonds is 3. The van der Waals surface area contributed by atoms with Crippen LogP contribution in [0.2, 0.25) is 0 Å². The summed E-state index contributed by atoms with van der Waals surface area (Å²) in [6, 6.07) is 8.36. The van der Waals surface area contributed by atoms with Crippen LogP contribution in [0.4, 0.5) is 13.2 Å². The van der Waals surface area contributed by atoms with Crippen LogP contribution in [0, 0.1) is 0 Å². The molecule has 96 valence electrons. The van der Waals surface area contributed by atoms with Gasteiger partial charge >= 0.3 is 6.18 Å². The molecule has 1 aromatic carbocycles. The first-order valence-electron chi connectivity index (χ1n) is 5.73. The molecule has 0 saturated heterocycles. The first-order chi connectivity index (χ1) is 8.54. The fourth-order valence-corrected chi connectivity index (χ4v) is 1.90. The van der Waals surface area contributed by atoms with Crippen LogP contribution in [-0.2, 0) is 12.6 Å². The largest absolute Gasteiger partial charge is 0.433 e. The molecule has 0 unspecified atom stereocenters. The van der Waals surface area contributed by atoms with Crippen molar-refractivity contribution in [1.29, 1.82) is 0 Å². The number of para-hydroxylation sites is 1. The lowest BCUT2D eigenvalue weighted by molar-refractivity contribution is -0.143. The molecule has 18 heavy (non-hydrogen) atoms. The number of hydrogen-bond donors (Lipinski definition) is 0. The van der Waals surface area contributed by atoms with E-state index in [1.165, 1.54) is 6.20 Å². The number of halogens is 3. The minimum absolute atomic E-state index is 0.244. The fraction of sp³-hybridized carbons (Fsp3) is 0.308. The molecule has 0 radical (unpaired) electrons. The van der Waals surface area contributed by atoms with E-state index in [0.29, 0.717) is 18.5 Å². The highest BCUT2D eigenvalue weighted by Gasteiger charge is 2.38. The van der Waals surface area contributed by atoms with Gasteiger partial charge in [-0.15, -0.1) is 0 Å². The van der Waals surface area contributed by atoms with Crippen molar-refractivity contribution < 1.29 is 13.2 Å². The van der Waals surface area contributed by atoms with E-state index >= 15 is 0 Å². The SMILES string of the molecule is CCCc1cnn(-c2ccccc2)c1C(F)(F)F. The van der Waals surface area contributed by atoms with Gasteiger partial charge in [0.2, 0.25) is 0 Å². The van der Waals surface area contributed by atoms with E-state index in [-0.39, 0.29) is 5.56 Å². The number of alkyl halides is 3. The van der Waals surface area contributed by atoms with Gasteiger partial charge in [-0.3, -0.25) is 0 Å². The zero-order chi connectivity index (χ0) is 13.2. The topological polar surface area (TPSA) is 17.8 Å². The van der Waals surface area contributed by atoms with Crippen molar-refractivity contribution in [3.8, 4) is 5.69 Å². The standard InChI is InChI=1S/C13H13F3N2/c1-2-6-10-9-17-18(12(10)13(14,15)16)11-7-4-3-5-8-11/h3-5,7-9H,2,6H2,1H3. The third-order valence-electron chi connectivity index (χ3n) is 2.63. The van der Waals surface area contributed by atoms with Crippen molar-refractivity contribution in [2.45, 2.75) is 25.9 Å². The van der Waals surface area contributed by atoms with E-state index in [1.807, 2.05) is 6.92 Å². The first-order valence-corrected chi connectivity index (χ1v) is 5.73. The van der Waals surface area contributed by atoms with Gasteiger partial charge in [0.1, 0.15) is 0 Å². The van der Waals surface area contributed by atoms with E-state index < -0.39 is 11.9 Å². The Balaban J connectivity index is 2.55. The lowest BCUT2D eigenvalue weighted by Gasteiger charge is -2.12. The third-order valence-corrected chi connectivity index (χ3v) is 2.63. The summed E-state index contributed by atoms with van der Waals surface area (Å²) in [6.45, 7) is 1.85. The van der Waals surface area contributed by atoms with Gasteiger partial charge in [-0.2, -0.15) is 18.3 Å². The Labute approximate surface area is 103 Å². The van der Waals surface area contributed by atoms with E-state index in [4.69, 9.17) is 0 Å². The van der Waals surface area contributed by atoms with Gasteiger partial charge in [-0.1, -0.05) is 31.5 Å². The molecule has 2 aromatic rings. The number of nitrogens with zero attached hydrogens (tertiary/aromatic N) is 2. The Bertz CT molecular complexity index is 515. The molecule has 1 aromatic heterocycles. The molecule has 0 aliphatic heterocycles. The second kappa shape index (κ2) is 4.84. The number of benzene rings is 1. The lowest BCUT2D eigenvalue weighted by atomic mass is 10.1. The van der Waals surface area contributed by atoms with Crippen LogP contribution in [0.1, 0.15) is 24.6 Å². The summed E-state index contributed by atoms with van der Waals surface area (Å²) in [5.74, 6) is 0. The van der Waals surface area contributed by atoms with Gasteiger partial charge in [-0.25, -0.2) is 4.68 Å². The van der Waals surface area contributed by atoms with Crippen molar-refractivity contribution in [2.24, 2.45) is 0 Å². The Morgan fingerprint density at radius 3 is 2.39 bits per heavy atom. The van der Waals surface area contributed by atoms with Gasteiger partial charge in [0, 0.05) is 5.56 Å². The zero-order valence-electron chi connectivity index (χ0n) is 9.91. The third kappa shape index (κ3) is 2.39. The maximum atomic E-state index is 13.1. The highest BCUT2D eigenvalue weighted by Crippen LogP contribution is 2.34. The second-order valence-corrected chi connectivity index (χ2v) is 4.01. The Hall–Kier alpha value is -1.78. The maximum absolute atomic E-state index is 13.1. The van der Waals surface area contributed by atoms with Crippen molar-refractivity contribution in [3.63, 3.8) is 0 Å². The Kier molecular flexibility index (Phi) is 3.41. The molecule has 0 atom stereocenters. The molecule has 5 heteroatoms. The molecule has 0 bridgehead atoms. The van der Waals surface area contributed by atoms with E-state index in [1.54, 1.807) is 30.3 Å². The zero-order valence-corrected chi connectivity index (χ0v) is 9.91. The van der Waals surface area contributed by atoms with E-state index in [2.05, 4.69) is 5.10 Å². The summed E-state index contributed by atoms with van der Waals surface area (Å²) >= 11 is 0. The monoisotopic (exact) mass is 254 g/mol. The predicted molar refractivity (Wildman–Crippen MR) is 62.6 cm³/mol. The molecule has 0 amide bonds. The number of aryl methyl sites for hydroxylation is 1. The van der Waals surface area contributed by atoms with E-state index in [9.17, 15) is 13.2 Å². The molecule has 0 N–H and O–H groups in total. The molecule has 0 fully saturated rings. The molecule has 2 rings (SSSR count). The van der Waals surface area contributed by atoms with Crippen LogP contribution in [0.25, 0.3) is 5.69 Å². The van der Waals surface area contributed by atoms with E-state index in [0.717, 1.165) is 4.68 Å². The van der Waals surface area contributed by atoms with Gasteiger partial charge in [-0.05, 0) is 18.6 Å². The maximum Gasteiger partial charge on any atom is 0.433 e. The molecule has 0 aliphatic carbocycles. The highest BCUT2D eigenvalue weighted by molar-refractivity contribution is 5.36. The smallest absolute Gasteiger partial charge is 0.228 e. The van der Waals surface area contributed by atoms with Crippen LogP contribution in [-0.4, -0.2) is 9.78 Å². The fourth-order valence-electron chi connectivity index (χ4n) is 1.90. The van der Waals surface area contributed by atoms with Crippen molar-refractivity contribution >= 4 is 0 Å². The van der Waals surface area contributed by atoms with Crippen molar-refractivity contribution in [1.82, 2.24) is 9.78 Å². The molecular weight excluding hydrogens is 241 g/mol. The van der Waals surface area contributed by atoms with Crippen molar-refractivity contribution in [3.05, 3.63) is 47.8 Å². The van der Waals surface area contributed by atoms with Crippen LogP contribution in [0.3, 0.4) is 0 Å². The van der Waals surface area contributed by atoms with Crippen LogP contribution < -0.4 is 0 Å². The molecule has 0 spiro atoms. The molecule has 0 aliphatic rings. The second-order valence-electron chi connectivity index (χ2n) is 4.01. The molecular formula is C13H13F3N2. The summed E-state index contributed by atoms with van der Waals surface area (Å²) in [5.41, 5.74) is -0.00317. The van der Waals surface area contributed by atoms with Crippen LogP contribution in [0.5, 0.6) is 0 Å². The summed E-state index contributed by atoms with van der Waals surface area (Å²) < 4.78 is 40.2. The van der Waals surface area contributed by atoms with Crippen LogP contribution >= 0.6 is 0 Å². The summed E-state index contributed by atoms with van der Waals surface area (Å²) in [7, 11) is 0. The van der Waals surface area contributed by atoms with Gasteiger partial charge < -0.3 is 0 Å². The quantitative estimate of drug-likeness (QED) is 0.813. The van der Waals surface area contributed by atoms with Gasteiger partial charge in [0.15, 0.2) is 5.69 Å². The Morgan fingerprint density at radius 2 is 1.83 bits per heavy atom. The average Bonchev–Trinajstić information content (AvgIpc) is 2.74. The van der Waals surface area contributed by atoms with Crippen molar-refractivity contribution in [2.75, 3.05) is 0 Å². The van der Waals surface area contributed by atoms with Crippen LogP contribution in [0.15, 0.2) is 36.5 Å². The minimum atomic E-state index is -4.39. The Morgan fingerprint density at radius 1 is 1.17 bits per heavy atom. The predicted octanol–water partition coefficient (Wildman–Crippen LogP) is 3.84. The lowest BCUT2D eigenvalue weighted by Crippen LogP contribution is -2.15. The summed E-state index contributed by atoms with van der Waals surface area (Å²) in [6.07, 6.45) is -2.05.